The zero-order chi connectivity index (χ0) is 10.2. The first kappa shape index (κ1) is 16.7. The molecule has 1 heteroatoms. The molecule has 0 amide bonds. The fourth-order valence-electron chi connectivity index (χ4n) is 1.61. The van der Waals surface area contributed by atoms with E-state index in [9.17, 15) is 0 Å². The van der Waals surface area contributed by atoms with E-state index in [-0.39, 0.29) is 12.4 Å². The summed E-state index contributed by atoms with van der Waals surface area (Å²) in [6.07, 6.45) is 11.4. The summed E-state index contributed by atoms with van der Waals surface area (Å²) in [6, 6.07) is 0. The van der Waals surface area contributed by atoms with Crippen LogP contribution >= 0.6 is 12.4 Å². The molecular weight excluding hydrogens is 192 g/mol. The van der Waals surface area contributed by atoms with E-state index in [1.165, 1.54) is 51.4 Å². The molecule has 0 aromatic heterocycles. The van der Waals surface area contributed by atoms with Gasteiger partial charge in [-0.1, -0.05) is 72.6 Å². The van der Waals surface area contributed by atoms with Crippen molar-refractivity contribution in [3.05, 3.63) is 0 Å². The lowest BCUT2D eigenvalue weighted by atomic mass is 9.89. The van der Waals surface area contributed by atoms with Gasteiger partial charge in [-0.25, -0.2) is 0 Å². The average molecular weight is 221 g/mol. The third-order valence-corrected chi connectivity index (χ3v) is 2.53. The van der Waals surface area contributed by atoms with Gasteiger partial charge in [0.1, 0.15) is 0 Å². The van der Waals surface area contributed by atoms with E-state index in [2.05, 4.69) is 27.7 Å². The molecule has 0 heterocycles. The fourth-order valence-corrected chi connectivity index (χ4v) is 1.61. The maximum Gasteiger partial charge on any atom is -0.0383 e. The van der Waals surface area contributed by atoms with E-state index in [0.29, 0.717) is 5.41 Å². The molecule has 0 nitrogen and oxygen atoms in total. The van der Waals surface area contributed by atoms with Gasteiger partial charge in [0.05, 0.1) is 0 Å². The normalized spacial score (nSPS) is 11.1. The zero-order valence-corrected chi connectivity index (χ0v) is 11.4. The molecule has 0 fully saturated rings. The summed E-state index contributed by atoms with van der Waals surface area (Å²) in [5.41, 5.74) is 0.545. The van der Waals surface area contributed by atoms with Crippen LogP contribution in [0.2, 0.25) is 0 Å². The summed E-state index contributed by atoms with van der Waals surface area (Å²) in [7, 11) is 0. The smallest absolute Gasteiger partial charge is 0.0383 e. The zero-order valence-electron chi connectivity index (χ0n) is 10.6. The predicted octanol–water partition coefficient (Wildman–Crippen LogP) is 5.60. The molecule has 0 bridgehead atoms. The average Bonchev–Trinajstić information content (AvgIpc) is 2.01. The van der Waals surface area contributed by atoms with Crippen molar-refractivity contribution in [1.82, 2.24) is 0 Å². The van der Waals surface area contributed by atoms with Crippen molar-refractivity contribution in [2.24, 2.45) is 5.41 Å². The molecule has 0 aliphatic carbocycles. The van der Waals surface area contributed by atoms with E-state index in [0.717, 1.165) is 0 Å². The van der Waals surface area contributed by atoms with Gasteiger partial charge in [-0.15, -0.1) is 12.4 Å². The van der Waals surface area contributed by atoms with Crippen LogP contribution in [0.15, 0.2) is 0 Å². The number of rotatable bonds is 7. The van der Waals surface area contributed by atoms with Crippen LogP contribution in [0.1, 0.15) is 79.1 Å². The van der Waals surface area contributed by atoms with Crippen LogP contribution in [0.25, 0.3) is 0 Å². The number of halogens is 1. The molecule has 0 saturated carbocycles. The highest BCUT2D eigenvalue weighted by molar-refractivity contribution is 5.85. The van der Waals surface area contributed by atoms with E-state index in [1.807, 2.05) is 0 Å². The summed E-state index contributed by atoms with van der Waals surface area (Å²) in [5, 5.41) is 0. The number of unbranched alkanes of at least 4 members (excludes halogenated alkanes) is 6. The molecule has 0 aromatic carbocycles. The molecule has 14 heavy (non-hydrogen) atoms. The minimum Gasteiger partial charge on any atom is -0.147 e. The molecule has 0 spiro atoms. The van der Waals surface area contributed by atoms with Gasteiger partial charge in [0.2, 0.25) is 0 Å². The van der Waals surface area contributed by atoms with Crippen LogP contribution in [0, 0.1) is 5.41 Å². The molecule has 0 rings (SSSR count). The van der Waals surface area contributed by atoms with Gasteiger partial charge in [0.15, 0.2) is 0 Å². The SMILES string of the molecule is CCCCCCCCCC(C)(C)C.Cl. The van der Waals surface area contributed by atoms with E-state index < -0.39 is 0 Å². The molecule has 0 radical (unpaired) electrons. The first-order valence-electron chi connectivity index (χ1n) is 6.06. The molecule has 88 valence electrons. The van der Waals surface area contributed by atoms with Crippen LogP contribution in [0.4, 0.5) is 0 Å². The maximum atomic E-state index is 2.34. The van der Waals surface area contributed by atoms with Crippen LogP contribution < -0.4 is 0 Å². The maximum absolute atomic E-state index is 2.34. The quantitative estimate of drug-likeness (QED) is 0.491. The van der Waals surface area contributed by atoms with Gasteiger partial charge in [0, 0.05) is 0 Å². The van der Waals surface area contributed by atoms with Crippen LogP contribution in [0.3, 0.4) is 0 Å². The van der Waals surface area contributed by atoms with Crippen molar-refractivity contribution in [3.8, 4) is 0 Å². The van der Waals surface area contributed by atoms with Crippen molar-refractivity contribution in [3.63, 3.8) is 0 Å². The van der Waals surface area contributed by atoms with Gasteiger partial charge in [-0.3, -0.25) is 0 Å². The van der Waals surface area contributed by atoms with Gasteiger partial charge < -0.3 is 0 Å². The molecule has 0 atom stereocenters. The molecular formula is C13H29Cl. The highest BCUT2D eigenvalue weighted by atomic mass is 35.5. The van der Waals surface area contributed by atoms with Gasteiger partial charge in [-0.05, 0) is 11.8 Å². The topological polar surface area (TPSA) is 0 Å². The Kier molecular flexibility index (Phi) is 11.7. The largest absolute Gasteiger partial charge is 0.147 e. The lowest BCUT2D eigenvalue weighted by molar-refractivity contribution is 0.356. The molecule has 0 N–H and O–H groups in total. The highest BCUT2D eigenvalue weighted by Gasteiger charge is 2.08. The first-order chi connectivity index (χ1) is 6.06. The van der Waals surface area contributed by atoms with E-state index in [1.54, 1.807) is 0 Å². The Bertz CT molecular complexity index is 102. The van der Waals surface area contributed by atoms with Gasteiger partial charge in [-0.2, -0.15) is 0 Å². The Morgan fingerprint density at radius 2 is 1.14 bits per heavy atom. The lowest BCUT2D eigenvalue weighted by Crippen LogP contribution is -2.03. The summed E-state index contributed by atoms with van der Waals surface area (Å²) in [6.45, 7) is 9.29. The second-order valence-corrected chi connectivity index (χ2v) is 5.43. The molecule has 0 aromatic rings. The molecule has 0 saturated heterocycles. The lowest BCUT2D eigenvalue weighted by Gasteiger charge is -2.17. The van der Waals surface area contributed by atoms with E-state index in [4.69, 9.17) is 0 Å². The first-order valence-corrected chi connectivity index (χ1v) is 6.06. The van der Waals surface area contributed by atoms with Crippen LogP contribution in [-0.2, 0) is 0 Å². The third kappa shape index (κ3) is 14.8. The fraction of sp³-hybridized carbons (Fsp3) is 1.00. The summed E-state index contributed by atoms with van der Waals surface area (Å²) >= 11 is 0. The Labute approximate surface area is 97.3 Å². The van der Waals surface area contributed by atoms with Crippen molar-refractivity contribution >= 4 is 12.4 Å². The van der Waals surface area contributed by atoms with E-state index >= 15 is 0 Å². The number of hydrogen-bond acceptors (Lipinski definition) is 0. The Balaban J connectivity index is 0. The van der Waals surface area contributed by atoms with Crippen LogP contribution in [0.5, 0.6) is 0 Å². The van der Waals surface area contributed by atoms with Crippen LogP contribution in [-0.4, -0.2) is 0 Å². The van der Waals surface area contributed by atoms with Gasteiger partial charge in [0.25, 0.3) is 0 Å². The Hall–Kier alpha value is 0.290. The standard InChI is InChI=1S/C13H28.ClH/c1-5-6-7-8-9-10-11-12-13(2,3)4;/h5-12H2,1-4H3;1H. The monoisotopic (exact) mass is 220 g/mol. The minimum absolute atomic E-state index is 0. The number of hydrogen-bond donors (Lipinski definition) is 0. The van der Waals surface area contributed by atoms with Crippen molar-refractivity contribution in [1.29, 1.82) is 0 Å². The summed E-state index contributed by atoms with van der Waals surface area (Å²) in [5.74, 6) is 0. The summed E-state index contributed by atoms with van der Waals surface area (Å²) in [4.78, 5) is 0. The molecule has 0 aliphatic rings. The molecule has 0 aliphatic heterocycles. The van der Waals surface area contributed by atoms with Gasteiger partial charge >= 0.3 is 0 Å². The third-order valence-electron chi connectivity index (χ3n) is 2.53. The predicted molar refractivity (Wildman–Crippen MR) is 69.3 cm³/mol. The highest BCUT2D eigenvalue weighted by Crippen LogP contribution is 2.22. The Morgan fingerprint density at radius 3 is 1.57 bits per heavy atom. The Morgan fingerprint density at radius 1 is 0.714 bits per heavy atom. The summed E-state index contributed by atoms with van der Waals surface area (Å²) < 4.78 is 0. The minimum atomic E-state index is 0. The van der Waals surface area contributed by atoms with Crippen molar-refractivity contribution in [2.45, 2.75) is 79.1 Å². The second-order valence-electron chi connectivity index (χ2n) is 5.43. The second kappa shape index (κ2) is 9.83. The van der Waals surface area contributed by atoms with Crippen molar-refractivity contribution < 1.29 is 0 Å². The van der Waals surface area contributed by atoms with Crippen molar-refractivity contribution in [2.75, 3.05) is 0 Å². The molecule has 0 unspecified atom stereocenters.